The maximum Gasteiger partial charge on any atom is 0.183 e. The third kappa shape index (κ3) is 2.89. The molecule has 0 aliphatic carbocycles. The van der Waals surface area contributed by atoms with Crippen molar-refractivity contribution in [1.82, 2.24) is 4.98 Å². The largest absolute Gasteiger partial charge is 0.378 e. The molecule has 2 rings (SSSR count). The van der Waals surface area contributed by atoms with Gasteiger partial charge in [0.25, 0.3) is 0 Å². The van der Waals surface area contributed by atoms with Crippen molar-refractivity contribution >= 4 is 28.6 Å². The van der Waals surface area contributed by atoms with Gasteiger partial charge in [0.1, 0.15) is 5.82 Å². The molecule has 1 aromatic heterocycles. The average Bonchev–Trinajstić information content (AvgIpc) is 2.68. The SMILES string of the molecule is Fc1cc(F)c(NCc2cnc(Cl)s2)cc1F. The molecule has 0 fully saturated rings. The van der Waals surface area contributed by atoms with Gasteiger partial charge in [-0.25, -0.2) is 18.2 Å². The van der Waals surface area contributed by atoms with Crippen molar-refractivity contribution in [1.29, 1.82) is 0 Å². The number of rotatable bonds is 3. The molecule has 17 heavy (non-hydrogen) atoms. The molecular formula is C10H6ClF3N2S. The zero-order chi connectivity index (χ0) is 12.4. The number of hydrogen-bond acceptors (Lipinski definition) is 3. The standard InChI is InChI=1S/C10H6ClF3N2S/c11-10-16-4-5(17-10)3-15-9-2-7(13)6(12)1-8(9)14/h1-2,4,15H,3H2. The van der Waals surface area contributed by atoms with Crippen LogP contribution in [0, 0.1) is 17.5 Å². The highest BCUT2D eigenvalue weighted by Gasteiger charge is 2.09. The lowest BCUT2D eigenvalue weighted by molar-refractivity contribution is 0.496. The number of aromatic nitrogens is 1. The summed E-state index contributed by atoms with van der Waals surface area (Å²) in [4.78, 5) is 4.56. The second kappa shape index (κ2) is 4.93. The van der Waals surface area contributed by atoms with Crippen LogP contribution >= 0.6 is 22.9 Å². The number of hydrogen-bond donors (Lipinski definition) is 1. The smallest absolute Gasteiger partial charge is 0.183 e. The topological polar surface area (TPSA) is 24.9 Å². The summed E-state index contributed by atoms with van der Waals surface area (Å²) < 4.78 is 39.1. The van der Waals surface area contributed by atoms with Gasteiger partial charge in [-0.3, -0.25) is 0 Å². The van der Waals surface area contributed by atoms with Crippen LogP contribution in [-0.4, -0.2) is 4.98 Å². The van der Waals surface area contributed by atoms with E-state index in [2.05, 4.69) is 10.3 Å². The van der Waals surface area contributed by atoms with Gasteiger partial charge < -0.3 is 5.32 Å². The molecule has 0 aliphatic rings. The van der Waals surface area contributed by atoms with Gasteiger partial charge in [0.05, 0.1) is 12.2 Å². The average molecular weight is 279 g/mol. The highest BCUT2D eigenvalue weighted by atomic mass is 35.5. The van der Waals surface area contributed by atoms with Crippen molar-refractivity contribution in [3.05, 3.63) is 45.1 Å². The predicted octanol–water partition coefficient (Wildman–Crippen LogP) is 3.83. The molecular weight excluding hydrogens is 273 g/mol. The Bertz CT molecular complexity index is 544. The first kappa shape index (κ1) is 12.2. The molecule has 0 spiro atoms. The van der Waals surface area contributed by atoms with Crippen molar-refractivity contribution in [3.8, 4) is 0 Å². The van der Waals surface area contributed by atoms with Gasteiger partial charge in [-0.2, -0.15) is 0 Å². The molecule has 1 N–H and O–H groups in total. The lowest BCUT2D eigenvalue weighted by Crippen LogP contribution is -2.01. The Morgan fingerprint density at radius 3 is 2.53 bits per heavy atom. The van der Waals surface area contributed by atoms with Crippen molar-refractivity contribution in [2.75, 3.05) is 5.32 Å². The number of thiazole rings is 1. The minimum absolute atomic E-state index is 0.103. The van der Waals surface area contributed by atoms with Crippen LogP contribution in [0.1, 0.15) is 4.88 Å². The molecule has 0 aliphatic heterocycles. The van der Waals surface area contributed by atoms with E-state index in [-0.39, 0.29) is 12.2 Å². The van der Waals surface area contributed by atoms with Crippen LogP contribution in [0.4, 0.5) is 18.9 Å². The first-order chi connectivity index (χ1) is 8.06. The minimum Gasteiger partial charge on any atom is -0.378 e. The summed E-state index contributed by atoms with van der Waals surface area (Å²) in [6, 6.07) is 1.27. The summed E-state index contributed by atoms with van der Waals surface area (Å²) in [7, 11) is 0. The summed E-state index contributed by atoms with van der Waals surface area (Å²) in [5.41, 5.74) is -0.103. The Hall–Kier alpha value is -1.27. The lowest BCUT2D eigenvalue weighted by atomic mass is 10.3. The molecule has 1 aromatic carbocycles. The quantitative estimate of drug-likeness (QED) is 0.863. The normalized spacial score (nSPS) is 10.6. The van der Waals surface area contributed by atoms with Gasteiger partial charge in [0, 0.05) is 23.2 Å². The molecule has 0 saturated carbocycles. The number of nitrogens with one attached hydrogen (secondary N) is 1. The highest BCUT2D eigenvalue weighted by molar-refractivity contribution is 7.15. The van der Waals surface area contributed by atoms with Crippen LogP contribution < -0.4 is 5.32 Å². The van der Waals surface area contributed by atoms with Crippen LogP contribution in [0.25, 0.3) is 0 Å². The summed E-state index contributed by atoms with van der Waals surface area (Å²) in [5, 5.41) is 2.64. The van der Waals surface area contributed by atoms with Crippen molar-refractivity contribution in [3.63, 3.8) is 0 Å². The lowest BCUT2D eigenvalue weighted by Gasteiger charge is -2.06. The van der Waals surface area contributed by atoms with Crippen molar-refractivity contribution in [2.45, 2.75) is 6.54 Å². The van der Waals surface area contributed by atoms with E-state index < -0.39 is 17.5 Å². The number of halogens is 4. The Kier molecular flexibility index (Phi) is 3.54. The van der Waals surface area contributed by atoms with Gasteiger partial charge in [0.2, 0.25) is 0 Å². The second-order valence-corrected chi connectivity index (χ2v) is 4.88. The number of benzene rings is 1. The van der Waals surface area contributed by atoms with Crippen LogP contribution in [0.5, 0.6) is 0 Å². The Labute approximate surface area is 104 Å². The van der Waals surface area contributed by atoms with Crippen molar-refractivity contribution in [2.24, 2.45) is 0 Å². The molecule has 0 unspecified atom stereocenters. The Morgan fingerprint density at radius 2 is 1.88 bits per heavy atom. The minimum atomic E-state index is -1.21. The Balaban J connectivity index is 2.11. The van der Waals surface area contributed by atoms with E-state index in [1.165, 1.54) is 17.5 Å². The first-order valence-electron chi connectivity index (χ1n) is 4.55. The fourth-order valence-electron chi connectivity index (χ4n) is 1.21. The monoisotopic (exact) mass is 278 g/mol. The summed E-state index contributed by atoms with van der Waals surface area (Å²) in [6.07, 6.45) is 1.53. The van der Waals surface area contributed by atoms with Crippen LogP contribution in [0.2, 0.25) is 4.47 Å². The molecule has 1 heterocycles. The van der Waals surface area contributed by atoms with Gasteiger partial charge >= 0.3 is 0 Å². The molecule has 0 saturated heterocycles. The van der Waals surface area contributed by atoms with Crippen LogP contribution in [0.3, 0.4) is 0 Å². The molecule has 2 nitrogen and oxygen atoms in total. The van der Waals surface area contributed by atoms with Crippen LogP contribution in [0.15, 0.2) is 18.3 Å². The van der Waals surface area contributed by atoms with Gasteiger partial charge in [-0.05, 0) is 0 Å². The molecule has 0 atom stereocenters. The van der Waals surface area contributed by atoms with Gasteiger partial charge in [-0.15, -0.1) is 11.3 Å². The van der Waals surface area contributed by atoms with E-state index in [1.807, 2.05) is 0 Å². The zero-order valence-corrected chi connectivity index (χ0v) is 9.88. The molecule has 90 valence electrons. The third-order valence-corrected chi connectivity index (χ3v) is 3.10. The summed E-state index contributed by atoms with van der Waals surface area (Å²) >= 11 is 6.84. The maximum atomic E-state index is 13.2. The van der Waals surface area contributed by atoms with Crippen molar-refractivity contribution < 1.29 is 13.2 Å². The predicted molar refractivity (Wildman–Crippen MR) is 60.8 cm³/mol. The molecule has 0 amide bonds. The van der Waals surface area contributed by atoms with Gasteiger partial charge in [-0.1, -0.05) is 11.6 Å². The highest BCUT2D eigenvalue weighted by Crippen LogP contribution is 2.22. The number of anilines is 1. The van der Waals surface area contributed by atoms with E-state index in [9.17, 15) is 13.2 Å². The molecule has 0 bridgehead atoms. The van der Waals surface area contributed by atoms with E-state index in [1.54, 1.807) is 0 Å². The Morgan fingerprint density at radius 1 is 1.18 bits per heavy atom. The first-order valence-corrected chi connectivity index (χ1v) is 5.74. The molecule has 7 heteroatoms. The fraction of sp³-hybridized carbons (Fsp3) is 0.100. The van der Waals surface area contributed by atoms with E-state index in [4.69, 9.17) is 11.6 Å². The summed E-state index contributed by atoms with van der Waals surface area (Å²) in [6.45, 7) is 0.242. The van der Waals surface area contributed by atoms with E-state index in [0.717, 1.165) is 10.9 Å². The maximum absolute atomic E-state index is 13.2. The van der Waals surface area contributed by atoms with E-state index in [0.29, 0.717) is 10.5 Å². The fourth-order valence-corrected chi connectivity index (χ4v) is 2.12. The zero-order valence-electron chi connectivity index (χ0n) is 8.31. The molecule has 0 radical (unpaired) electrons. The third-order valence-electron chi connectivity index (χ3n) is 1.99. The van der Waals surface area contributed by atoms with E-state index >= 15 is 0 Å². The van der Waals surface area contributed by atoms with Gasteiger partial charge in [0.15, 0.2) is 16.1 Å². The molecule has 2 aromatic rings. The summed E-state index contributed by atoms with van der Waals surface area (Å²) in [5.74, 6) is -3.16. The number of nitrogens with zero attached hydrogens (tertiary/aromatic N) is 1. The second-order valence-electron chi connectivity index (χ2n) is 3.18. The van der Waals surface area contributed by atoms with Crippen LogP contribution in [-0.2, 0) is 6.54 Å².